The summed E-state index contributed by atoms with van der Waals surface area (Å²) >= 11 is 6.04. The van der Waals surface area contributed by atoms with Gasteiger partial charge in [-0.15, -0.1) is 0 Å². The van der Waals surface area contributed by atoms with E-state index in [1.165, 1.54) is 0 Å². The second-order valence-electron chi connectivity index (χ2n) is 10.5. The summed E-state index contributed by atoms with van der Waals surface area (Å²) in [7, 11) is 0. The van der Waals surface area contributed by atoms with Gasteiger partial charge in [-0.25, -0.2) is 0 Å². The van der Waals surface area contributed by atoms with Gasteiger partial charge in [0.2, 0.25) is 0 Å². The number of para-hydroxylation sites is 1. The van der Waals surface area contributed by atoms with Gasteiger partial charge >= 0.3 is 5.97 Å². The molecule has 192 valence electrons. The number of halogens is 1. The monoisotopic (exact) mass is 508 g/mol. The lowest BCUT2D eigenvalue weighted by Gasteiger charge is -2.37. The van der Waals surface area contributed by atoms with Crippen LogP contribution in [0.4, 0.5) is 0 Å². The molecule has 6 heteroatoms. The van der Waals surface area contributed by atoms with Crippen molar-refractivity contribution in [2.75, 3.05) is 6.61 Å². The summed E-state index contributed by atoms with van der Waals surface area (Å²) in [6.45, 7) is 7.37. The first kappa shape index (κ1) is 26.3. The number of esters is 1. The number of fused-ring (bicyclic) bond motifs is 1. The first-order valence-corrected chi connectivity index (χ1v) is 13.5. The molecule has 0 bridgehead atoms. The minimum absolute atomic E-state index is 0.0214. The predicted molar refractivity (Wildman–Crippen MR) is 145 cm³/mol. The molecule has 1 saturated carbocycles. The molecule has 0 spiro atoms. The van der Waals surface area contributed by atoms with Gasteiger partial charge in [-0.1, -0.05) is 49.2 Å². The van der Waals surface area contributed by atoms with Crippen molar-refractivity contribution >= 4 is 34.4 Å². The summed E-state index contributed by atoms with van der Waals surface area (Å²) in [5.41, 5.74) is 2.32. The van der Waals surface area contributed by atoms with Gasteiger partial charge in [-0.3, -0.25) is 9.59 Å². The molecule has 0 aliphatic heterocycles. The van der Waals surface area contributed by atoms with Crippen molar-refractivity contribution in [2.45, 2.75) is 71.9 Å². The number of unbranched alkanes of at least 4 members (excludes halogenated alkanes) is 1. The lowest BCUT2D eigenvalue weighted by Crippen LogP contribution is -2.42. The molecule has 0 saturated heterocycles. The number of benzene rings is 2. The second-order valence-corrected chi connectivity index (χ2v) is 10.9. The lowest BCUT2D eigenvalue weighted by molar-refractivity contribution is -0.157. The Bertz CT molecular complexity index is 1190. The molecule has 0 radical (unpaired) electrons. The minimum Gasteiger partial charge on any atom is -0.465 e. The maximum absolute atomic E-state index is 13.4. The normalized spacial score (nSPS) is 20.7. The molecule has 1 aliphatic rings. The Kier molecular flexibility index (Phi) is 8.40. The van der Waals surface area contributed by atoms with E-state index in [2.05, 4.69) is 23.7 Å². The zero-order chi connectivity index (χ0) is 25.7. The van der Waals surface area contributed by atoms with E-state index >= 15 is 0 Å². The molecule has 5 nitrogen and oxygen atoms in total. The molecule has 3 aromatic rings. The van der Waals surface area contributed by atoms with Gasteiger partial charge in [0.05, 0.1) is 23.1 Å². The van der Waals surface area contributed by atoms with E-state index < -0.39 is 5.41 Å². The summed E-state index contributed by atoms with van der Waals surface area (Å²) in [4.78, 5) is 26.0. The summed E-state index contributed by atoms with van der Waals surface area (Å²) in [6, 6.07) is 15.7. The smallest absolute Gasteiger partial charge is 0.311 e. The van der Waals surface area contributed by atoms with Crippen LogP contribution in [0.3, 0.4) is 0 Å². The Morgan fingerprint density at radius 2 is 1.86 bits per heavy atom. The van der Waals surface area contributed by atoms with Crippen LogP contribution in [0.5, 0.6) is 0 Å². The van der Waals surface area contributed by atoms with Gasteiger partial charge in [0.1, 0.15) is 0 Å². The molecule has 1 atom stereocenters. The molecule has 36 heavy (non-hydrogen) atoms. The number of ether oxygens (including phenoxy) is 1. The number of carbonyl (C=O) groups is 2. The van der Waals surface area contributed by atoms with Crippen molar-refractivity contribution < 1.29 is 14.3 Å². The second kappa shape index (κ2) is 11.5. The number of amides is 1. The van der Waals surface area contributed by atoms with Crippen LogP contribution in [-0.4, -0.2) is 29.1 Å². The Balaban J connectivity index is 1.41. The van der Waals surface area contributed by atoms with Crippen molar-refractivity contribution in [3.8, 4) is 0 Å². The van der Waals surface area contributed by atoms with Crippen LogP contribution in [0.2, 0.25) is 5.02 Å². The standard InChI is InChI=1S/C30H37ClN2O3/c1-4-5-19-36-29(35)30(3)16-13-23(14-17-30)21(2)32-28(34)26-8-6-7-24-15-18-33(27(24)26)20-22-9-11-25(31)12-10-22/h6-12,15,18,21,23H,4-5,13-14,16-17,19-20H2,1-3H3,(H,32,34). The number of nitrogens with zero attached hydrogens (tertiary/aromatic N) is 1. The number of nitrogens with one attached hydrogen (secondary N) is 1. The molecular weight excluding hydrogens is 472 g/mol. The van der Waals surface area contributed by atoms with Crippen molar-refractivity contribution in [3.63, 3.8) is 0 Å². The molecular formula is C30H37ClN2O3. The highest BCUT2D eigenvalue weighted by Crippen LogP contribution is 2.41. The molecule has 1 aliphatic carbocycles. The average Bonchev–Trinajstić information content (AvgIpc) is 3.28. The average molecular weight is 509 g/mol. The Morgan fingerprint density at radius 3 is 2.56 bits per heavy atom. The van der Waals surface area contributed by atoms with E-state index in [4.69, 9.17) is 16.3 Å². The van der Waals surface area contributed by atoms with Crippen LogP contribution in [0.25, 0.3) is 10.9 Å². The first-order valence-electron chi connectivity index (χ1n) is 13.1. The largest absolute Gasteiger partial charge is 0.465 e. The summed E-state index contributed by atoms with van der Waals surface area (Å²) in [5.74, 6) is 0.209. The Labute approximate surface area is 219 Å². The van der Waals surface area contributed by atoms with Crippen LogP contribution in [0, 0.1) is 11.3 Å². The lowest BCUT2D eigenvalue weighted by atomic mass is 9.70. The molecule has 1 fully saturated rings. The van der Waals surface area contributed by atoms with Gasteiger partial charge in [-0.2, -0.15) is 0 Å². The molecule has 4 rings (SSSR count). The predicted octanol–water partition coefficient (Wildman–Crippen LogP) is 7.00. The van der Waals surface area contributed by atoms with Gasteiger partial charge < -0.3 is 14.6 Å². The highest BCUT2D eigenvalue weighted by atomic mass is 35.5. The number of carbonyl (C=O) groups excluding carboxylic acids is 2. The van der Waals surface area contributed by atoms with Crippen LogP contribution in [-0.2, 0) is 16.1 Å². The van der Waals surface area contributed by atoms with E-state index in [9.17, 15) is 9.59 Å². The summed E-state index contributed by atoms with van der Waals surface area (Å²) in [6.07, 6.45) is 7.34. The third-order valence-corrected chi connectivity index (χ3v) is 7.97. The highest BCUT2D eigenvalue weighted by Gasteiger charge is 2.40. The maximum Gasteiger partial charge on any atom is 0.311 e. The van der Waals surface area contributed by atoms with E-state index in [0.29, 0.717) is 29.7 Å². The molecule has 1 amide bonds. The van der Waals surface area contributed by atoms with E-state index in [1.807, 2.05) is 61.7 Å². The van der Waals surface area contributed by atoms with Gasteiger partial charge in [0.15, 0.2) is 0 Å². The molecule has 1 unspecified atom stereocenters. The molecule has 1 heterocycles. The number of hydrogen-bond donors (Lipinski definition) is 1. The molecule has 2 aromatic carbocycles. The summed E-state index contributed by atoms with van der Waals surface area (Å²) < 4.78 is 7.64. The van der Waals surface area contributed by atoms with Crippen molar-refractivity contribution in [3.05, 3.63) is 70.9 Å². The fraction of sp³-hybridized carbons (Fsp3) is 0.467. The van der Waals surface area contributed by atoms with Gasteiger partial charge in [-0.05, 0) is 81.7 Å². The summed E-state index contributed by atoms with van der Waals surface area (Å²) in [5, 5.41) is 5.01. The zero-order valence-electron chi connectivity index (χ0n) is 21.6. The van der Waals surface area contributed by atoms with Crippen LogP contribution >= 0.6 is 11.6 Å². The van der Waals surface area contributed by atoms with Crippen LogP contribution in [0.1, 0.15) is 75.2 Å². The topological polar surface area (TPSA) is 60.3 Å². The minimum atomic E-state index is -0.415. The number of hydrogen-bond acceptors (Lipinski definition) is 3. The van der Waals surface area contributed by atoms with Crippen LogP contribution in [0.15, 0.2) is 54.7 Å². The third-order valence-electron chi connectivity index (χ3n) is 7.72. The van der Waals surface area contributed by atoms with Crippen LogP contribution < -0.4 is 5.32 Å². The van der Waals surface area contributed by atoms with Crippen molar-refractivity contribution in [1.82, 2.24) is 9.88 Å². The maximum atomic E-state index is 13.4. The zero-order valence-corrected chi connectivity index (χ0v) is 22.3. The fourth-order valence-electron chi connectivity index (χ4n) is 5.23. The van der Waals surface area contributed by atoms with Gasteiger partial charge in [0.25, 0.3) is 5.91 Å². The van der Waals surface area contributed by atoms with Crippen molar-refractivity contribution in [1.29, 1.82) is 0 Å². The van der Waals surface area contributed by atoms with E-state index in [0.717, 1.165) is 55.0 Å². The third kappa shape index (κ3) is 5.95. The fourth-order valence-corrected chi connectivity index (χ4v) is 5.36. The molecule has 1 N–H and O–H groups in total. The first-order chi connectivity index (χ1) is 17.3. The Morgan fingerprint density at radius 1 is 1.14 bits per heavy atom. The Hall–Kier alpha value is -2.79. The molecule has 1 aromatic heterocycles. The highest BCUT2D eigenvalue weighted by molar-refractivity contribution is 6.30. The van der Waals surface area contributed by atoms with Gasteiger partial charge in [0, 0.05) is 29.2 Å². The van der Waals surface area contributed by atoms with Crippen molar-refractivity contribution in [2.24, 2.45) is 11.3 Å². The van der Waals surface area contributed by atoms with E-state index in [-0.39, 0.29) is 17.9 Å². The number of aromatic nitrogens is 1. The SMILES string of the molecule is CCCCOC(=O)C1(C)CCC(C(C)NC(=O)c2cccc3ccn(Cc4ccc(Cl)cc4)c23)CC1. The van der Waals surface area contributed by atoms with E-state index in [1.54, 1.807) is 0 Å². The quantitative estimate of drug-likeness (QED) is 0.250. The number of rotatable bonds is 9.